The summed E-state index contributed by atoms with van der Waals surface area (Å²) in [6, 6.07) is 17.7. The number of anilines is 4. The molecule has 0 bridgehead atoms. The number of para-hydroxylation sites is 1. The van der Waals surface area contributed by atoms with Crippen molar-refractivity contribution in [3.8, 4) is 5.75 Å². The maximum absolute atomic E-state index is 5.17. The van der Waals surface area contributed by atoms with Crippen molar-refractivity contribution in [1.82, 2.24) is 9.97 Å². The molecule has 122 valence electrons. The Hall–Kier alpha value is -3.08. The summed E-state index contributed by atoms with van der Waals surface area (Å²) < 4.78 is 5.17. The fourth-order valence-electron chi connectivity index (χ4n) is 2.34. The number of hydrogen-bond acceptors (Lipinski definition) is 5. The number of aryl methyl sites for hydroxylation is 2. The number of benzene rings is 2. The van der Waals surface area contributed by atoms with E-state index in [1.165, 1.54) is 5.56 Å². The maximum Gasteiger partial charge on any atom is 0.229 e. The van der Waals surface area contributed by atoms with E-state index < -0.39 is 0 Å². The smallest absolute Gasteiger partial charge is 0.229 e. The van der Waals surface area contributed by atoms with Gasteiger partial charge in [-0.25, -0.2) is 4.98 Å². The fraction of sp³-hybridized carbons (Fsp3) is 0.158. The molecule has 0 atom stereocenters. The normalized spacial score (nSPS) is 10.3. The Bertz CT molecular complexity index is 831. The van der Waals surface area contributed by atoms with Crippen molar-refractivity contribution in [2.45, 2.75) is 13.8 Å². The van der Waals surface area contributed by atoms with Crippen molar-refractivity contribution >= 4 is 23.1 Å². The van der Waals surface area contributed by atoms with Gasteiger partial charge in [0.1, 0.15) is 11.6 Å². The van der Waals surface area contributed by atoms with Crippen LogP contribution in [0.1, 0.15) is 11.3 Å². The molecule has 1 heterocycles. The van der Waals surface area contributed by atoms with Crippen LogP contribution in [-0.4, -0.2) is 17.1 Å². The lowest BCUT2D eigenvalue weighted by Gasteiger charge is -2.11. The zero-order chi connectivity index (χ0) is 16.9. The second kappa shape index (κ2) is 7.00. The van der Waals surface area contributed by atoms with Crippen LogP contribution < -0.4 is 15.4 Å². The predicted molar refractivity (Wildman–Crippen MR) is 97.5 cm³/mol. The number of rotatable bonds is 5. The van der Waals surface area contributed by atoms with Gasteiger partial charge in [0.2, 0.25) is 5.95 Å². The Balaban J connectivity index is 1.81. The second-order valence-electron chi connectivity index (χ2n) is 5.51. The van der Waals surface area contributed by atoms with E-state index in [9.17, 15) is 0 Å². The minimum atomic E-state index is 0.552. The fourth-order valence-corrected chi connectivity index (χ4v) is 2.34. The molecule has 2 aromatic carbocycles. The summed E-state index contributed by atoms with van der Waals surface area (Å²) in [7, 11) is 1.65. The number of hydrogen-bond donors (Lipinski definition) is 2. The van der Waals surface area contributed by atoms with Gasteiger partial charge in [0.25, 0.3) is 0 Å². The average Bonchev–Trinajstić information content (AvgIpc) is 2.57. The molecule has 0 saturated carbocycles. The molecular weight excluding hydrogens is 300 g/mol. The van der Waals surface area contributed by atoms with Crippen LogP contribution in [0.25, 0.3) is 0 Å². The molecule has 1 aromatic heterocycles. The lowest BCUT2D eigenvalue weighted by molar-refractivity contribution is 0.415. The molecule has 0 fully saturated rings. The summed E-state index contributed by atoms with van der Waals surface area (Å²) in [4.78, 5) is 8.99. The van der Waals surface area contributed by atoms with Crippen LogP contribution in [-0.2, 0) is 0 Å². The van der Waals surface area contributed by atoms with E-state index in [-0.39, 0.29) is 0 Å². The van der Waals surface area contributed by atoms with Crippen LogP contribution in [0.15, 0.2) is 54.6 Å². The third-order valence-corrected chi connectivity index (χ3v) is 3.61. The predicted octanol–water partition coefficient (Wildman–Crippen LogP) is 4.59. The molecule has 0 saturated heterocycles. The van der Waals surface area contributed by atoms with Crippen LogP contribution in [0.3, 0.4) is 0 Å². The van der Waals surface area contributed by atoms with Crippen LogP contribution >= 0.6 is 0 Å². The van der Waals surface area contributed by atoms with Crippen molar-refractivity contribution in [3.63, 3.8) is 0 Å². The van der Waals surface area contributed by atoms with E-state index >= 15 is 0 Å². The topological polar surface area (TPSA) is 59.1 Å². The highest BCUT2D eigenvalue weighted by Gasteiger charge is 2.05. The molecule has 0 amide bonds. The summed E-state index contributed by atoms with van der Waals surface area (Å²) in [5.41, 5.74) is 3.99. The summed E-state index contributed by atoms with van der Waals surface area (Å²) in [5.74, 6) is 2.12. The SMILES string of the molecule is COc1ccc(Nc2nc(C)cc(Nc3ccccc3C)n2)cc1. The number of aromatic nitrogens is 2. The maximum atomic E-state index is 5.17. The van der Waals surface area contributed by atoms with Crippen molar-refractivity contribution in [2.24, 2.45) is 0 Å². The second-order valence-corrected chi connectivity index (χ2v) is 5.51. The van der Waals surface area contributed by atoms with Gasteiger partial charge in [-0.1, -0.05) is 18.2 Å². The molecule has 0 unspecified atom stereocenters. The minimum absolute atomic E-state index is 0.552. The van der Waals surface area contributed by atoms with E-state index in [2.05, 4.69) is 33.6 Å². The Morgan fingerprint density at radius 3 is 2.33 bits per heavy atom. The molecular formula is C19H20N4O. The summed E-state index contributed by atoms with van der Waals surface area (Å²) in [6.45, 7) is 4.01. The van der Waals surface area contributed by atoms with Gasteiger partial charge < -0.3 is 15.4 Å². The van der Waals surface area contributed by atoms with Gasteiger partial charge in [-0.05, 0) is 49.7 Å². The van der Waals surface area contributed by atoms with Crippen molar-refractivity contribution < 1.29 is 4.74 Å². The van der Waals surface area contributed by atoms with Crippen LogP contribution in [0, 0.1) is 13.8 Å². The molecule has 3 aromatic rings. The van der Waals surface area contributed by atoms with E-state index in [1.54, 1.807) is 7.11 Å². The largest absolute Gasteiger partial charge is 0.497 e. The first kappa shape index (κ1) is 15.8. The van der Waals surface area contributed by atoms with E-state index in [1.807, 2.05) is 55.5 Å². The lowest BCUT2D eigenvalue weighted by Crippen LogP contribution is -2.03. The van der Waals surface area contributed by atoms with Crippen LogP contribution in [0.4, 0.5) is 23.1 Å². The van der Waals surface area contributed by atoms with Gasteiger partial charge in [-0.2, -0.15) is 4.98 Å². The van der Waals surface area contributed by atoms with Crippen molar-refractivity contribution in [3.05, 3.63) is 65.9 Å². The molecule has 0 aliphatic rings. The van der Waals surface area contributed by atoms with Gasteiger partial charge >= 0.3 is 0 Å². The van der Waals surface area contributed by atoms with Crippen LogP contribution in [0.2, 0.25) is 0 Å². The number of methoxy groups -OCH3 is 1. The molecule has 24 heavy (non-hydrogen) atoms. The minimum Gasteiger partial charge on any atom is -0.497 e. The number of nitrogens with zero attached hydrogens (tertiary/aromatic N) is 2. The zero-order valence-corrected chi connectivity index (χ0v) is 14.0. The molecule has 0 aliphatic heterocycles. The van der Waals surface area contributed by atoms with Gasteiger partial charge in [0.05, 0.1) is 7.11 Å². The molecule has 5 nitrogen and oxygen atoms in total. The molecule has 5 heteroatoms. The molecule has 0 radical (unpaired) electrons. The Morgan fingerprint density at radius 2 is 1.62 bits per heavy atom. The van der Waals surface area contributed by atoms with Gasteiger partial charge in [0.15, 0.2) is 0 Å². The van der Waals surface area contributed by atoms with Gasteiger partial charge in [-0.3, -0.25) is 0 Å². The quantitative estimate of drug-likeness (QED) is 0.720. The van der Waals surface area contributed by atoms with E-state index in [4.69, 9.17) is 4.74 Å². The van der Waals surface area contributed by atoms with Crippen molar-refractivity contribution in [2.75, 3.05) is 17.7 Å². The van der Waals surface area contributed by atoms with E-state index in [0.29, 0.717) is 5.95 Å². The zero-order valence-electron chi connectivity index (χ0n) is 14.0. The number of ether oxygens (including phenoxy) is 1. The highest BCUT2D eigenvalue weighted by atomic mass is 16.5. The van der Waals surface area contributed by atoms with Gasteiger partial charge in [-0.15, -0.1) is 0 Å². The first-order valence-corrected chi connectivity index (χ1v) is 7.73. The standard InChI is InChI=1S/C19H20N4O/c1-13-6-4-5-7-17(13)22-18-12-14(2)20-19(23-18)21-15-8-10-16(24-3)11-9-15/h4-12H,1-3H3,(H2,20,21,22,23). The number of nitrogens with one attached hydrogen (secondary N) is 2. The summed E-state index contributed by atoms with van der Waals surface area (Å²) in [5, 5.41) is 6.57. The Morgan fingerprint density at radius 1 is 0.875 bits per heavy atom. The van der Waals surface area contributed by atoms with Crippen molar-refractivity contribution in [1.29, 1.82) is 0 Å². The van der Waals surface area contributed by atoms with Gasteiger partial charge in [0, 0.05) is 23.1 Å². The van der Waals surface area contributed by atoms with E-state index in [0.717, 1.165) is 28.6 Å². The Labute approximate surface area is 141 Å². The molecule has 0 aliphatic carbocycles. The molecule has 0 spiro atoms. The van der Waals surface area contributed by atoms with Crippen LogP contribution in [0.5, 0.6) is 5.75 Å². The molecule has 2 N–H and O–H groups in total. The first-order chi connectivity index (χ1) is 11.6. The first-order valence-electron chi connectivity index (χ1n) is 7.73. The highest BCUT2D eigenvalue weighted by Crippen LogP contribution is 2.22. The average molecular weight is 320 g/mol. The lowest BCUT2D eigenvalue weighted by atomic mass is 10.2. The third-order valence-electron chi connectivity index (χ3n) is 3.61. The monoisotopic (exact) mass is 320 g/mol. The molecule has 3 rings (SSSR count). The Kier molecular flexibility index (Phi) is 4.61. The summed E-state index contributed by atoms with van der Waals surface area (Å²) in [6.07, 6.45) is 0. The highest BCUT2D eigenvalue weighted by molar-refractivity contribution is 5.62. The third kappa shape index (κ3) is 3.81. The summed E-state index contributed by atoms with van der Waals surface area (Å²) >= 11 is 0.